The summed E-state index contributed by atoms with van der Waals surface area (Å²) in [5.74, 6) is 1.77. The van der Waals surface area contributed by atoms with Crippen molar-refractivity contribution in [1.82, 2.24) is 5.32 Å². The van der Waals surface area contributed by atoms with Crippen molar-refractivity contribution in [1.29, 1.82) is 0 Å². The molecule has 2 unspecified atom stereocenters. The summed E-state index contributed by atoms with van der Waals surface area (Å²) < 4.78 is 0. The topological polar surface area (TPSA) is 12.0 Å². The van der Waals surface area contributed by atoms with Crippen molar-refractivity contribution in [3.8, 4) is 0 Å². The van der Waals surface area contributed by atoms with E-state index in [1.165, 1.54) is 25.9 Å². The van der Waals surface area contributed by atoms with E-state index in [0.717, 1.165) is 11.8 Å². The van der Waals surface area contributed by atoms with Crippen molar-refractivity contribution in [2.24, 2.45) is 11.8 Å². The Morgan fingerprint density at radius 3 is 2.12 bits per heavy atom. The van der Waals surface area contributed by atoms with Crippen LogP contribution in [0.1, 0.15) is 40.5 Å². The first-order valence-corrected chi connectivity index (χ1v) is 7.03. The lowest BCUT2D eigenvalue weighted by molar-refractivity contribution is 0.387. The van der Waals surface area contributed by atoms with Gasteiger partial charge in [0.1, 0.15) is 0 Å². The lowest BCUT2D eigenvalue weighted by Crippen LogP contribution is -2.20. The Bertz CT molecular complexity index is 309. The van der Waals surface area contributed by atoms with Gasteiger partial charge in [-0.25, -0.2) is 0 Å². The van der Waals surface area contributed by atoms with E-state index in [0.29, 0.717) is 0 Å². The first kappa shape index (κ1) is 14.2. The molecule has 2 aliphatic rings. The Hall–Kier alpha value is -0.820. The largest absolute Gasteiger partial charge is 0.316 e. The lowest BCUT2D eigenvalue weighted by Gasteiger charge is -2.28. The van der Waals surface area contributed by atoms with E-state index in [2.05, 4.69) is 43.5 Å². The van der Waals surface area contributed by atoms with Crippen molar-refractivity contribution in [3.63, 3.8) is 0 Å². The summed E-state index contributed by atoms with van der Waals surface area (Å²) in [6, 6.07) is 0. The van der Waals surface area contributed by atoms with Gasteiger partial charge in [-0.05, 0) is 62.8 Å². The molecule has 2 atom stereocenters. The smallest absolute Gasteiger partial charge is 0.00140 e. The number of allylic oxidation sites excluding steroid dienone is 6. The highest BCUT2D eigenvalue weighted by Gasteiger charge is 2.32. The number of nitrogens with one attached hydrogen (secondary N) is 1. The van der Waals surface area contributed by atoms with Gasteiger partial charge in [-0.1, -0.05) is 38.2 Å². The molecule has 0 aromatic rings. The van der Waals surface area contributed by atoms with Gasteiger partial charge >= 0.3 is 0 Å². The molecule has 1 heteroatoms. The van der Waals surface area contributed by atoms with Gasteiger partial charge < -0.3 is 5.32 Å². The van der Waals surface area contributed by atoms with Crippen molar-refractivity contribution in [2.75, 3.05) is 13.1 Å². The van der Waals surface area contributed by atoms with Gasteiger partial charge in [0.05, 0.1) is 0 Å². The van der Waals surface area contributed by atoms with Gasteiger partial charge in [-0.2, -0.15) is 0 Å². The molecule has 2 fully saturated rings. The molecular weight excluding hydrogens is 206 g/mol. The standard InChI is InChI=1S/C14H21N.C2H6/c1-3-5-6-12-8-14-10-15-9-13(14)7-11(12)4-2;1-2/h3-6,13-15H,7-10H2,1-2H3;1-2H3/b5-3-,11-4-,12-6-;. The van der Waals surface area contributed by atoms with Gasteiger partial charge in [0.25, 0.3) is 0 Å². The minimum absolute atomic E-state index is 0.880. The fourth-order valence-electron chi connectivity index (χ4n) is 2.78. The Balaban J connectivity index is 0.000000686. The summed E-state index contributed by atoms with van der Waals surface area (Å²) in [7, 11) is 0. The Kier molecular flexibility index (Phi) is 6.28. The van der Waals surface area contributed by atoms with Crippen LogP contribution < -0.4 is 5.32 Å². The molecule has 0 aromatic carbocycles. The number of hydrogen-bond donors (Lipinski definition) is 1. The van der Waals surface area contributed by atoms with Crippen molar-refractivity contribution in [3.05, 3.63) is 35.5 Å². The Morgan fingerprint density at radius 2 is 1.59 bits per heavy atom. The van der Waals surface area contributed by atoms with Crippen molar-refractivity contribution in [2.45, 2.75) is 40.5 Å². The van der Waals surface area contributed by atoms with E-state index in [4.69, 9.17) is 0 Å². The van der Waals surface area contributed by atoms with Crippen LogP contribution in [0.2, 0.25) is 0 Å². The molecule has 0 radical (unpaired) electrons. The molecule has 1 aliphatic carbocycles. The maximum absolute atomic E-state index is 3.51. The summed E-state index contributed by atoms with van der Waals surface area (Å²) in [6.07, 6.45) is 11.4. The lowest BCUT2D eigenvalue weighted by atomic mass is 9.76. The molecule has 96 valence electrons. The Labute approximate surface area is 107 Å². The number of fused-ring (bicyclic) bond motifs is 1. The average Bonchev–Trinajstić information content (AvgIpc) is 2.84. The molecular formula is C16H27N. The quantitative estimate of drug-likeness (QED) is 0.719. The van der Waals surface area contributed by atoms with Crippen LogP contribution in [0.3, 0.4) is 0 Å². The van der Waals surface area contributed by atoms with Crippen molar-refractivity contribution >= 4 is 0 Å². The molecule has 0 amide bonds. The first-order valence-electron chi connectivity index (χ1n) is 7.03. The Morgan fingerprint density at radius 1 is 1.00 bits per heavy atom. The molecule has 1 N–H and O–H groups in total. The minimum atomic E-state index is 0.880. The summed E-state index contributed by atoms with van der Waals surface area (Å²) in [6.45, 7) is 10.7. The fraction of sp³-hybridized carbons (Fsp3) is 0.625. The molecule has 1 heterocycles. The highest BCUT2D eigenvalue weighted by atomic mass is 14.9. The predicted octanol–water partition coefficient (Wildman–Crippen LogP) is 4.09. The van der Waals surface area contributed by atoms with Crippen LogP contribution in [0.25, 0.3) is 0 Å². The van der Waals surface area contributed by atoms with E-state index in [1.807, 2.05) is 13.8 Å². The van der Waals surface area contributed by atoms with Crippen molar-refractivity contribution < 1.29 is 0 Å². The van der Waals surface area contributed by atoms with Gasteiger partial charge in [-0.15, -0.1) is 0 Å². The maximum Gasteiger partial charge on any atom is -0.00140 e. The number of hydrogen-bond acceptors (Lipinski definition) is 1. The van der Waals surface area contributed by atoms with Crippen LogP contribution in [-0.4, -0.2) is 13.1 Å². The van der Waals surface area contributed by atoms with E-state index < -0.39 is 0 Å². The molecule has 0 bridgehead atoms. The SMILES string of the molecule is CC.C\C=C/C=C1/CC2CNCC2C/C1=C/C. The third-order valence-corrected chi connectivity index (χ3v) is 3.69. The van der Waals surface area contributed by atoms with Crippen LogP contribution in [0.5, 0.6) is 0 Å². The predicted molar refractivity (Wildman–Crippen MR) is 77.1 cm³/mol. The molecule has 1 nitrogen and oxygen atoms in total. The van der Waals surface area contributed by atoms with E-state index in [9.17, 15) is 0 Å². The fourth-order valence-corrected chi connectivity index (χ4v) is 2.78. The third kappa shape index (κ3) is 3.57. The maximum atomic E-state index is 3.51. The summed E-state index contributed by atoms with van der Waals surface area (Å²) in [5.41, 5.74) is 3.12. The normalized spacial score (nSPS) is 32.7. The highest BCUT2D eigenvalue weighted by molar-refractivity contribution is 5.36. The van der Waals surface area contributed by atoms with Gasteiger partial charge in [-0.3, -0.25) is 0 Å². The van der Waals surface area contributed by atoms with E-state index in [-0.39, 0.29) is 0 Å². The van der Waals surface area contributed by atoms with Crippen LogP contribution in [0.4, 0.5) is 0 Å². The van der Waals surface area contributed by atoms with Crippen LogP contribution in [0, 0.1) is 11.8 Å². The second-order valence-corrected chi connectivity index (χ2v) is 4.62. The van der Waals surface area contributed by atoms with Gasteiger partial charge in [0, 0.05) is 0 Å². The molecule has 1 aliphatic heterocycles. The zero-order valence-corrected chi connectivity index (χ0v) is 11.8. The van der Waals surface area contributed by atoms with Crippen LogP contribution in [-0.2, 0) is 0 Å². The zero-order chi connectivity index (χ0) is 12.7. The molecule has 2 rings (SSSR count). The second-order valence-electron chi connectivity index (χ2n) is 4.62. The highest BCUT2D eigenvalue weighted by Crippen LogP contribution is 2.38. The second kappa shape index (κ2) is 7.50. The van der Waals surface area contributed by atoms with Crippen LogP contribution >= 0.6 is 0 Å². The molecule has 1 saturated carbocycles. The first-order chi connectivity index (χ1) is 8.35. The summed E-state index contributed by atoms with van der Waals surface area (Å²) in [5, 5.41) is 3.51. The molecule has 0 aromatic heterocycles. The molecule has 17 heavy (non-hydrogen) atoms. The molecule has 0 spiro atoms. The average molecular weight is 233 g/mol. The monoisotopic (exact) mass is 233 g/mol. The minimum Gasteiger partial charge on any atom is -0.316 e. The third-order valence-electron chi connectivity index (χ3n) is 3.69. The summed E-state index contributed by atoms with van der Waals surface area (Å²) >= 11 is 0. The van der Waals surface area contributed by atoms with E-state index >= 15 is 0 Å². The van der Waals surface area contributed by atoms with E-state index in [1.54, 1.807) is 11.1 Å². The zero-order valence-electron chi connectivity index (χ0n) is 11.8. The number of rotatable bonds is 1. The van der Waals surface area contributed by atoms with Crippen LogP contribution in [0.15, 0.2) is 35.5 Å². The van der Waals surface area contributed by atoms with Gasteiger partial charge in [0.2, 0.25) is 0 Å². The summed E-state index contributed by atoms with van der Waals surface area (Å²) in [4.78, 5) is 0. The van der Waals surface area contributed by atoms with Gasteiger partial charge in [0.15, 0.2) is 0 Å². The molecule has 1 saturated heterocycles.